The van der Waals surface area contributed by atoms with E-state index in [9.17, 15) is 4.79 Å². The molecule has 1 aromatic heterocycles. The van der Waals surface area contributed by atoms with Crippen molar-refractivity contribution in [2.24, 2.45) is 5.73 Å². The SMILES string of the molecule is Cc1nn(-c2ccc(C(=O)N3CCCC3CN)cc2)c(C)c1Cl. The Bertz CT molecular complexity index is 723. The monoisotopic (exact) mass is 332 g/mol. The van der Waals surface area contributed by atoms with Crippen LogP contribution in [0.2, 0.25) is 5.02 Å². The third-order valence-electron chi connectivity index (χ3n) is 4.47. The summed E-state index contributed by atoms with van der Waals surface area (Å²) in [6.45, 7) is 5.12. The zero-order valence-electron chi connectivity index (χ0n) is 13.4. The maximum absolute atomic E-state index is 12.6. The Labute approximate surface area is 141 Å². The Kier molecular flexibility index (Phi) is 4.41. The number of rotatable bonds is 3. The van der Waals surface area contributed by atoms with Crippen molar-refractivity contribution in [3.63, 3.8) is 0 Å². The molecule has 0 bridgehead atoms. The van der Waals surface area contributed by atoms with Gasteiger partial charge in [-0.15, -0.1) is 0 Å². The number of nitrogens with two attached hydrogens (primary N) is 1. The van der Waals surface area contributed by atoms with Gasteiger partial charge >= 0.3 is 0 Å². The first kappa shape index (κ1) is 16.0. The second kappa shape index (κ2) is 6.34. The molecule has 1 aromatic carbocycles. The number of aromatic nitrogens is 2. The average Bonchev–Trinajstić information content (AvgIpc) is 3.15. The van der Waals surface area contributed by atoms with Gasteiger partial charge in [-0.1, -0.05) is 11.6 Å². The van der Waals surface area contributed by atoms with Crippen molar-refractivity contribution >= 4 is 17.5 Å². The molecular weight excluding hydrogens is 312 g/mol. The molecule has 1 aliphatic rings. The van der Waals surface area contributed by atoms with E-state index in [1.54, 1.807) is 4.68 Å². The Hall–Kier alpha value is -1.85. The summed E-state index contributed by atoms with van der Waals surface area (Å²) in [6.07, 6.45) is 2.01. The van der Waals surface area contributed by atoms with Crippen molar-refractivity contribution in [3.05, 3.63) is 46.2 Å². The van der Waals surface area contributed by atoms with Gasteiger partial charge in [0.1, 0.15) is 0 Å². The number of aryl methyl sites for hydroxylation is 1. The molecule has 5 nitrogen and oxygen atoms in total. The van der Waals surface area contributed by atoms with Gasteiger partial charge in [0.15, 0.2) is 0 Å². The fourth-order valence-electron chi connectivity index (χ4n) is 3.13. The molecule has 0 radical (unpaired) electrons. The van der Waals surface area contributed by atoms with E-state index in [1.165, 1.54) is 0 Å². The van der Waals surface area contributed by atoms with E-state index >= 15 is 0 Å². The number of benzene rings is 1. The van der Waals surface area contributed by atoms with Crippen LogP contribution in [0, 0.1) is 13.8 Å². The van der Waals surface area contributed by atoms with Gasteiger partial charge in [-0.3, -0.25) is 4.79 Å². The first-order valence-electron chi connectivity index (χ1n) is 7.86. The highest BCUT2D eigenvalue weighted by Crippen LogP contribution is 2.23. The Morgan fingerprint density at radius 2 is 2.04 bits per heavy atom. The number of hydrogen-bond donors (Lipinski definition) is 1. The lowest BCUT2D eigenvalue weighted by molar-refractivity contribution is 0.0741. The van der Waals surface area contributed by atoms with E-state index in [1.807, 2.05) is 43.0 Å². The standard InChI is InChI=1S/C17H21ClN4O/c1-11-16(18)12(2)22(20-11)14-7-5-13(6-8-14)17(23)21-9-3-4-15(21)10-19/h5-8,15H,3-4,9-10,19H2,1-2H3. The third kappa shape index (κ3) is 2.86. The van der Waals surface area contributed by atoms with Crippen LogP contribution in [0.1, 0.15) is 34.6 Å². The minimum absolute atomic E-state index is 0.0518. The lowest BCUT2D eigenvalue weighted by Gasteiger charge is -2.23. The quantitative estimate of drug-likeness (QED) is 0.940. The average molecular weight is 333 g/mol. The van der Waals surface area contributed by atoms with E-state index in [0.717, 1.165) is 36.5 Å². The van der Waals surface area contributed by atoms with Crippen molar-refractivity contribution in [3.8, 4) is 5.69 Å². The summed E-state index contributed by atoms with van der Waals surface area (Å²) in [4.78, 5) is 14.5. The number of amides is 1. The highest BCUT2D eigenvalue weighted by atomic mass is 35.5. The summed E-state index contributed by atoms with van der Waals surface area (Å²) in [5.41, 5.74) is 9.02. The molecule has 1 fully saturated rings. The van der Waals surface area contributed by atoms with Crippen molar-refractivity contribution in [1.29, 1.82) is 0 Å². The lowest BCUT2D eigenvalue weighted by atomic mass is 10.1. The largest absolute Gasteiger partial charge is 0.334 e. The third-order valence-corrected chi connectivity index (χ3v) is 5.02. The minimum Gasteiger partial charge on any atom is -0.334 e. The summed E-state index contributed by atoms with van der Waals surface area (Å²) >= 11 is 6.19. The number of carbonyl (C=O) groups is 1. The van der Waals surface area contributed by atoms with Crippen molar-refractivity contribution in [2.75, 3.05) is 13.1 Å². The molecule has 0 saturated carbocycles. The van der Waals surface area contributed by atoms with Crippen LogP contribution >= 0.6 is 11.6 Å². The second-order valence-corrected chi connectivity index (χ2v) is 6.35. The molecule has 6 heteroatoms. The van der Waals surface area contributed by atoms with Gasteiger partial charge in [0.2, 0.25) is 0 Å². The van der Waals surface area contributed by atoms with Gasteiger partial charge in [0, 0.05) is 24.7 Å². The highest BCUT2D eigenvalue weighted by molar-refractivity contribution is 6.31. The minimum atomic E-state index is 0.0518. The van der Waals surface area contributed by atoms with Crippen molar-refractivity contribution in [2.45, 2.75) is 32.7 Å². The molecule has 3 rings (SSSR count). The molecule has 2 N–H and O–H groups in total. The smallest absolute Gasteiger partial charge is 0.254 e. The number of hydrogen-bond acceptors (Lipinski definition) is 3. The summed E-state index contributed by atoms with van der Waals surface area (Å²) in [5, 5.41) is 5.10. The van der Waals surface area contributed by atoms with Gasteiger partial charge in [-0.25, -0.2) is 4.68 Å². The van der Waals surface area contributed by atoms with Crippen molar-refractivity contribution in [1.82, 2.24) is 14.7 Å². The number of nitrogens with zero attached hydrogens (tertiary/aromatic N) is 3. The molecule has 0 aliphatic carbocycles. The van der Waals surface area contributed by atoms with Crippen LogP contribution in [0.3, 0.4) is 0 Å². The van der Waals surface area contributed by atoms with E-state index in [2.05, 4.69) is 5.10 Å². The Morgan fingerprint density at radius 1 is 1.35 bits per heavy atom. The van der Waals surface area contributed by atoms with E-state index < -0.39 is 0 Å². The van der Waals surface area contributed by atoms with Crippen molar-refractivity contribution < 1.29 is 4.79 Å². The molecule has 0 spiro atoms. The summed E-state index contributed by atoms with van der Waals surface area (Å²) in [7, 11) is 0. The van der Waals surface area contributed by atoms with Crippen LogP contribution in [-0.4, -0.2) is 39.7 Å². The van der Waals surface area contributed by atoms with Crippen LogP contribution in [-0.2, 0) is 0 Å². The summed E-state index contributed by atoms with van der Waals surface area (Å²) in [5.74, 6) is 0.0518. The van der Waals surface area contributed by atoms with Crippen LogP contribution in [0.15, 0.2) is 24.3 Å². The highest BCUT2D eigenvalue weighted by Gasteiger charge is 2.28. The van der Waals surface area contributed by atoms with Gasteiger partial charge in [0.25, 0.3) is 5.91 Å². The fraction of sp³-hybridized carbons (Fsp3) is 0.412. The molecule has 1 amide bonds. The number of halogens is 1. The zero-order chi connectivity index (χ0) is 16.6. The van der Waals surface area contributed by atoms with Crippen LogP contribution in [0.4, 0.5) is 0 Å². The molecule has 2 heterocycles. The molecular formula is C17H21ClN4O. The second-order valence-electron chi connectivity index (χ2n) is 5.97. The maximum Gasteiger partial charge on any atom is 0.254 e. The zero-order valence-corrected chi connectivity index (χ0v) is 14.2. The van der Waals surface area contributed by atoms with Crippen LogP contribution < -0.4 is 5.73 Å². The topological polar surface area (TPSA) is 64.2 Å². The van der Waals surface area contributed by atoms with Gasteiger partial charge in [-0.2, -0.15) is 5.10 Å². The predicted octanol–water partition coefficient (Wildman–Crippen LogP) is 2.71. The number of carbonyl (C=O) groups excluding carboxylic acids is 1. The molecule has 1 aliphatic heterocycles. The van der Waals surface area contributed by atoms with E-state index in [0.29, 0.717) is 17.1 Å². The molecule has 1 saturated heterocycles. The first-order valence-corrected chi connectivity index (χ1v) is 8.24. The van der Waals surface area contributed by atoms with Gasteiger partial charge in [-0.05, 0) is 51.0 Å². The lowest BCUT2D eigenvalue weighted by Crippen LogP contribution is -2.39. The van der Waals surface area contributed by atoms with Gasteiger partial charge in [0.05, 0.1) is 22.1 Å². The molecule has 1 atom stereocenters. The molecule has 2 aromatic rings. The first-order chi connectivity index (χ1) is 11.0. The van der Waals surface area contributed by atoms with Crippen LogP contribution in [0.25, 0.3) is 5.69 Å². The summed E-state index contributed by atoms with van der Waals surface area (Å²) < 4.78 is 1.80. The predicted molar refractivity (Wildman–Crippen MR) is 91.2 cm³/mol. The summed E-state index contributed by atoms with van der Waals surface area (Å²) in [6, 6.07) is 7.64. The Morgan fingerprint density at radius 3 is 2.61 bits per heavy atom. The van der Waals surface area contributed by atoms with Crippen LogP contribution in [0.5, 0.6) is 0 Å². The normalized spacial score (nSPS) is 17.7. The van der Waals surface area contributed by atoms with Gasteiger partial charge < -0.3 is 10.6 Å². The maximum atomic E-state index is 12.6. The molecule has 122 valence electrons. The van der Waals surface area contributed by atoms with E-state index in [4.69, 9.17) is 17.3 Å². The number of likely N-dealkylation sites (tertiary alicyclic amines) is 1. The van der Waals surface area contributed by atoms with E-state index in [-0.39, 0.29) is 11.9 Å². The molecule has 1 unspecified atom stereocenters. The Balaban J connectivity index is 1.84. The fourth-order valence-corrected chi connectivity index (χ4v) is 3.25. The molecule has 23 heavy (non-hydrogen) atoms.